The van der Waals surface area contributed by atoms with Gasteiger partial charge in [0, 0.05) is 13.6 Å². The molecule has 0 saturated carbocycles. The summed E-state index contributed by atoms with van der Waals surface area (Å²) in [6, 6.07) is -0.477. The van der Waals surface area contributed by atoms with Gasteiger partial charge in [-0.25, -0.2) is 0 Å². The van der Waals surface area contributed by atoms with Crippen LogP contribution in [-0.2, 0) is 9.59 Å². The Kier molecular flexibility index (Phi) is 7.59. The molecule has 5 nitrogen and oxygen atoms in total. The molecule has 2 atom stereocenters. The van der Waals surface area contributed by atoms with Crippen LogP contribution in [-0.4, -0.2) is 31.4 Å². The smallest absolute Gasteiger partial charge is 0.242 e. The van der Waals surface area contributed by atoms with Gasteiger partial charge in [0.15, 0.2) is 0 Å². The number of hydrogen-bond donors (Lipinski definition) is 3. The number of carbonyl (C=O) groups excluding carboxylic acids is 2. The number of nitrogens with one attached hydrogen (secondary N) is 2. The zero-order valence-corrected chi connectivity index (χ0v) is 12.1. The van der Waals surface area contributed by atoms with Gasteiger partial charge in [-0.2, -0.15) is 0 Å². The quantitative estimate of drug-likeness (QED) is 0.621. The molecule has 0 aromatic rings. The molecule has 0 rings (SSSR count). The Labute approximate surface area is 110 Å². The predicted octanol–water partition coefficient (Wildman–Crippen LogP) is 0.494. The van der Waals surface area contributed by atoms with Crippen molar-refractivity contribution in [3.8, 4) is 0 Å². The van der Waals surface area contributed by atoms with Crippen LogP contribution in [0.2, 0.25) is 0 Å². The van der Waals surface area contributed by atoms with Crippen LogP contribution in [0, 0.1) is 17.8 Å². The van der Waals surface area contributed by atoms with Gasteiger partial charge in [0.05, 0.1) is 5.92 Å². The third-order valence-electron chi connectivity index (χ3n) is 2.98. The van der Waals surface area contributed by atoms with Gasteiger partial charge in [-0.05, 0) is 18.3 Å². The number of hydrogen-bond acceptors (Lipinski definition) is 3. The predicted molar refractivity (Wildman–Crippen MR) is 72.8 cm³/mol. The van der Waals surface area contributed by atoms with E-state index >= 15 is 0 Å². The minimum absolute atomic E-state index is 0.137. The molecule has 0 radical (unpaired) electrons. The SMILES string of the molecule is CNC(=O)C(CC(C)C)NC(=O)C(CN)C(C)C. The molecule has 0 heterocycles. The number of amides is 2. The first-order valence-electron chi connectivity index (χ1n) is 6.55. The molecule has 0 fully saturated rings. The minimum atomic E-state index is -0.477. The lowest BCUT2D eigenvalue weighted by molar-refractivity contribution is -0.131. The largest absolute Gasteiger partial charge is 0.357 e. The third-order valence-corrected chi connectivity index (χ3v) is 2.98. The van der Waals surface area contributed by atoms with Crippen molar-refractivity contribution in [1.82, 2.24) is 10.6 Å². The van der Waals surface area contributed by atoms with Gasteiger partial charge in [-0.3, -0.25) is 9.59 Å². The van der Waals surface area contributed by atoms with Crippen LogP contribution in [0.5, 0.6) is 0 Å². The second kappa shape index (κ2) is 8.08. The van der Waals surface area contributed by atoms with Crippen LogP contribution in [0.4, 0.5) is 0 Å². The topological polar surface area (TPSA) is 84.2 Å². The van der Waals surface area contributed by atoms with Crippen LogP contribution in [0.25, 0.3) is 0 Å². The first-order valence-corrected chi connectivity index (χ1v) is 6.55. The molecule has 5 heteroatoms. The molecular formula is C13H27N3O2. The average molecular weight is 257 g/mol. The summed E-state index contributed by atoms with van der Waals surface area (Å²) < 4.78 is 0. The highest BCUT2D eigenvalue weighted by atomic mass is 16.2. The zero-order valence-electron chi connectivity index (χ0n) is 12.1. The fraction of sp³-hybridized carbons (Fsp3) is 0.846. The summed E-state index contributed by atoms with van der Waals surface area (Å²) in [7, 11) is 1.57. The molecule has 0 aliphatic heterocycles. The summed E-state index contributed by atoms with van der Waals surface area (Å²) in [5, 5.41) is 5.38. The Hall–Kier alpha value is -1.10. The molecule has 0 aromatic heterocycles. The standard InChI is InChI=1S/C13H27N3O2/c1-8(2)6-11(13(18)15-5)16-12(17)10(7-14)9(3)4/h8-11H,6-7,14H2,1-5H3,(H,15,18)(H,16,17). The summed E-state index contributed by atoms with van der Waals surface area (Å²) >= 11 is 0. The lowest BCUT2D eigenvalue weighted by Gasteiger charge is -2.24. The van der Waals surface area contributed by atoms with E-state index in [9.17, 15) is 9.59 Å². The van der Waals surface area contributed by atoms with Crippen molar-refractivity contribution in [3.05, 3.63) is 0 Å². The molecule has 18 heavy (non-hydrogen) atoms. The van der Waals surface area contributed by atoms with Gasteiger partial charge in [-0.1, -0.05) is 27.7 Å². The molecule has 106 valence electrons. The maximum atomic E-state index is 12.1. The van der Waals surface area contributed by atoms with Crippen LogP contribution in [0.1, 0.15) is 34.1 Å². The van der Waals surface area contributed by atoms with Crippen molar-refractivity contribution in [2.45, 2.75) is 40.2 Å². The lowest BCUT2D eigenvalue weighted by atomic mass is 9.94. The number of nitrogens with two attached hydrogens (primary N) is 1. The highest BCUT2D eigenvalue weighted by molar-refractivity contribution is 5.88. The zero-order chi connectivity index (χ0) is 14.3. The fourth-order valence-corrected chi connectivity index (χ4v) is 1.84. The maximum absolute atomic E-state index is 12.1. The Morgan fingerprint density at radius 3 is 2.00 bits per heavy atom. The molecule has 0 bridgehead atoms. The van der Waals surface area contributed by atoms with Gasteiger partial charge in [0.1, 0.15) is 6.04 Å². The highest BCUT2D eigenvalue weighted by Gasteiger charge is 2.26. The van der Waals surface area contributed by atoms with Crippen molar-refractivity contribution in [1.29, 1.82) is 0 Å². The summed E-state index contributed by atoms with van der Waals surface area (Å²) in [6.07, 6.45) is 0.626. The highest BCUT2D eigenvalue weighted by Crippen LogP contribution is 2.11. The first kappa shape index (κ1) is 16.9. The van der Waals surface area contributed by atoms with Crippen LogP contribution in [0.15, 0.2) is 0 Å². The Morgan fingerprint density at radius 1 is 1.11 bits per heavy atom. The molecule has 4 N–H and O–H groups in total. The van der Waals surface area contributed by atoms with E-state index in [1.807, 2.05) is 27.7 Å². The monoisotopic (exact) mass is 257 g/mol. The van der Waals surface area contributed by atoms with Gasteiger partial charge < -0.3 is 16.4 Å². The van der Waals surface area contributed by atoms with Crippen LogP contribution < -0.4 is 16.4 Å². The van der Waals surface area contributed by atoms with Gasteiger partial charge >= 0.3 is 0 Å². The van der Waals surface area contributed by atoms with Gasteiger partial charge in [0.25, 0.3) is 0 Å². The number of carbonyl (C=O) groups is 2. The fourth-order valence-electron chi connectivity index (χ4n) is 1.84. The number of rotatable bonds is 7. The van der Waals surface area contributed by atoms with Crippen molar-refractivity contribution in [2.75, 3.05) is 13.6 Å². The second-order valence-electron chi connectivity index (χ2n) is 5.39. The molecule has 0 spiro atoms. The Morgan fingerprint density at radius 2 is 1.67 bits per heavy atom. The summed E-state index contributed by atoms with van der Waals surface area (Å²) in [5.41, 5.74) is 5.60. The van der Waals surface area contributed by atoms with Crippen molar-refractivity contribution in [3.63, 3.8) is 0 Å². The Bertz CT molecular complexity index is 277. The normalized spacial score (nSPS) is 14.4. The van der Waals surface area contributed by atoms with Crippen molar-refractivity contribution in [2.24, 2.45) is 23.5 Å². The van der Waals surface area contributed by atoms with Crippen LogP contribution in [0.3, 0.4) is 0 Å². The van der Waals surface area contributed by atoms with E-state index in [1.165, 1.54) is 0 Å². The summed E-state index contributed by atoms with van der Waals surface area (Å²) in [6.45, 7) is 8.24. The second-order valence-corrected chi connectivity index (χ2v) is 5.39. The van der Waals surface area contributed by atoms with Crippen molar-refractivity contribution >= 4 is 11.8 Å². The number of likely N-dealkylation sites (N-methyl/N-ethyl adjacent to an activating group) is 1. The van der Waals surface area contributed by atoms with Gasteiger partial charge in [-0.15, -0.1) is 0 Å². The molecular weight excluding hydrogens is 230 g/mol. The summed E-state index contributed by atoms with van der Waals surface area (Å²) in [5.74, 6) is -0.0370. The van der Waals surface area contributed by atoms with Gasteiger partial charge in [0.2, 0.25) is 11.8 Å². The summed E-state index contributed by atoms with van der Waals surface area (Å²) in [4.78, 5) is 23.8. The van der Waals surface area contributed by atoms with E-state index in [-0.39, 0.29) is 23.7 Å². The van der Waals surface area contributed by atoms with E-state index in [1.54, 1.807) is 7.05 Å². The van der Waals surface area contributed by atoms with E-state index in [0.29, 0.717) is 18.9 Å². The minimum Gasteiger partial charge on any atom is -0.357 e. The molecule has 0 saturated heterocycles. The third kappa shape index (κ3) is 5.49. The molecule has 0 aliphatic rings. The average Bonchev–Trinajstić information content (AvgIpc) is 2.26. The van der Waals surface area contributed by atoms with E-state index in [4.69, 9.17) is 5.73 Å². The van der Waals surface area contributed by atoms with E-state index < -0.39 is 6.04 Å². The lowest BCUT2D eigenvalue weighted by Crippen LogP contribution is -2.50. The molecule has 2 amide bonds. The van der Waals surface area contributed by atoms with E-state index in [2.05, 4.69) is 10.6 Å². The van der Waals surface area contributed by atoms with Crippen LogP contribution >= 0.6 is 0 Å². The maximum Gasteiger partial charge on any atom is 0.242 e. The Balaban J connectivity index is 4.65. The molecule has 0 aromatic carbocycles. The molecule has 0 aliphatic carbocycles. The van der Waals surface area contributed by atoms with Crippen molar-refractivity contribution < 1.29 is 9.59 Å². The van der Waals surface area contributed by atoms with E-state index in [0.717, 1.165) is 0 Å². The molecule has 2 unspecified atom stereocenters. The first-order chi connectivity index (χ1) is 8.33.